The fourth-order valence-corrected chi connectivity index (χ4v) is 3.42. The van der Waals surface area contributed by atoms with E-state index in [1.165, 1.54) is 23.1 Å². The second kappa shape index (κ2) is 7.76. The third-order valence-electron chi connectivity index (χ3n) is 3.01. The van der Waals surface area contributed by atoms with Crippen LogP contribution in [-0.4, -0.2) is 16.8 Å². The SMILES string of the molecule is O=C(NNC(=O)c1cccnc1Sc1ccccc1)c1cccs1. The molecule has 0 aliphatic heterocycles. The van der Waals surface area contributed by atoms with Gasteiger partial charge in [0.25, 0.3) is 11.8 Å². The molecule has 2 amide bonds. The van der Waals surface area contributed by atoms with E-state index >= 15 is 0 Å². The van der Waals surface area contributed by atoms with Gasteiger partial charge in [-0.05, 0) is 35.7 Å². The molecular formula is C17H13N3O2S2. The van der Waals surface area contributed by atoms with Crippen molar-refractivity contribution < 1.29 is 9.59 Å². The Morgan fingerprint density at radius 2 is 1.71 bits per heavy atom. The molecule has 0 aliphatic rings. The monoisotopic (exact) mass is 355 g/mol. The molecule has 2 heterocycles. The maximum absolute atomic E-state index is 12.4. The van der Waals surface area contributed by atoms with Crippen molar-refractivity contribution in [1.82, 2.24) is 15.8 Å². The van der Waals surface area contributed by atoms with Crippen LogP contribution >= 0.6 is 23.1 Å². The van der Waals surface area contributed by atoms with Gasteiger partial charge >= 0.3 is 0 Å². The summed E-state index contributed by atoms with van der Waals surface area (Å²) in [5.41, 5.74) is 5.24. The number of hydrazine groups is 1. The second-order valence-corrected chi connectivity index (χ2v) is 6.67. The standard InChI is InChI=1S/C17H13N3O2S2/c21-15(19-20-16(22)14-9-5-11-23-14)13-8-4-10-18-17(13)24-12-6-2-1-3-7-12/h1-11H,(H,19,21)(H,20,22). The third-order valence-corrected chi connectivity index (χ3v) is 4.90. The molecule has 24 heavy (non-hydrogen) atoms. The minimum absolute atomic E-state index is 0.348. The van der Waals surface area contributed by atoms with Crippen LogP contribution in [0.5, 0.6) is 0 Å². The van der Waals surface area contributed by atoms with Gasteiger partial charge in [-0.15, -0.1) is 11.3 Å². The van der Waals surface area contributed by atoms with Gasteiger partial charge in [-0.2, -0.15) is 0 Å². The van der Waals surface area contributed by atoms with Gasteiger partial charge in [0.05, 0.1) is 10.4 Å². The van der Waals surface area contributed by atoms with Gasteiger partial charge in [0, 0.05) is 11.1 Å². The van der Waals surface area contributed by atoms with Crippen LogP contribution in [0.2, 0.25) is 0 Å². The van der Waals surface area contributed by atoms with Crippen LogP contribution in [0, 0.1) is 0 Å². The lowest BCUT2D eigenvalue weighted by atomic mass is 10.3. The number of hydrogen-bond donors (Lipinski definition) is 2. The number of pyridine rings is 1. The first-order chi connectivity index (χ1) is 11.7. The molecule has 0 bridgehead atoms. The predicted molar refractivity (Wildman–Crippen MR) is 94.1 cm³/mol. The lowest BCUT2D eigenvalue weighted by molar-refractivity contribution is 0.0847. The number of aromatic nitrogens is 1. The number of thiophene rings is 1. The van der Waals surface area contributed by atoms with Crippen LogP contribution < -0.4 is 10.9 Å². The van der Waals surface area contributed by atoms with Crippen LogP contribution in [0.4, 0.5) is 0 Å². The number of amides is 2. The first kappa shape index (κ1) is 16.2. The zero-order valence-corrected chi connectivity index (χ0v) is 14.1. The maximum atomic E-state index is 12.4. The molecule has 0 aliphatic carbocycles. The van der Waals surface area contributed by atoms with Gasteiger partial charge in [0.1, 0.15) is 5.03 Å². The molecule has 1 aromatic carbocycles. The van der Waals surface area contributed by atoms with Crippen molar-refractivity contribution in [2.75, 3.05) is 0 Å². The highest BCUT2D eigenvalue weighted by atomic mass is 32.2. The Hall–Kier alpha value is -2.64. The van der Waals surface area contributed by atoms with Crippen molar-refractivity contribution in [2.45, 2.75) is 9.92 Å². The number of nitrogens with one attached hydrogen (secondary N) is 2. The highest BCUT2D eigenvalue weighted by molar-refractivity contribution is 7.99. The molecule has 0 radical (unpaired) electrons. The minimum Gasteiger partial charge on any atom is -0.267 e. The van der Waals surface area contributed by atoms with Gasteiger partial charge < -0.3 is 0 Å². The third kappa shape index (κ3) is 4.01. The topological polar surface area (TPSA) is 71.1 Å². The summed E-state index contributed by atoms with van der Waals surface area (Å²) in [7, 11) is 0. The Morgan fingerprint density at radius 3 is 2.46 bits per heavy atom. The van der Waals surface area contributed by atoms with Gasteiger partial charge in [-0.25, -0.2) is 4.98 Å². The number of benzene rings is 1. The molecule has 0 atom stereocenters. The largest absolute Gasteiger partial charge is 0.279 e. The molecule has 7 heteroatoms. The first-order valence-corrected chi connectivity index (χ1v) is 8.76. The van der Waals surface area contributed by atoms with Crippen molar-refractivity contribution in [2.24, 2.45) is 0 Å². The summed E-state index contributed by atoms with van der Waals surface area (Å²) in [5.74, 6) is -0.758. The molecule has 3 aromatic rings. The van der Waals surface area contributed by atoms with Gasteiger partial charge in [-0.1, -0.05) is 36.0 Å². The smallest absolute Gasteiger partial charge is 0.267 e. The number of hydrogen-bond acceptors (Lipinski definition) is 5. The fraction of sp³-hybridized carbons (Fsp3) is 0. The summed E-state index contributed by atoms with van der Waals surface area (Å²) in [6.07, 6.45) is 1.63. The van der Waals surface area contributed by atoms with E-state index < -0.39 is 5.91 Å². The van der Waals surface area contributed by atoms with Crippen molar-refractivity contribution in [1.29, 1.82) is 0 Å². The van der Waals surface area contributed by atoms with Gasteiger partial charge in [-0.3, -0.25) is 20.4 Å². The Labute approximate surface area is 147 Å². The predicted octanol–water partition coefficient (Wildman–Crippen LogP) is 3.37. The highest BCUT2D eigenvalue weighted by Crippen LogP contribution is 2.28. The summed E-state index contributed by atoms with van der Waals surface area (Å²) in [4.78, 5) is 30.0. The Bertz CT molecular complexity index is 836. The molecule has 0 unspecified atom stereocenters. The average Bonchev–Trinajstić information content (AvgIpc) is 3.15. The van der Waals surface area contributed by atoms with Crippen molar-refractivity contribution in [3.8, 4) is 0 Å². The summed E-state index contributed by atoms with van der Waals surface area (Å²) in [6.45, 7) is 0. The van der Waals surface area contributed by atoms with E-state index in [4.69, 9.17) is 0 Å². The zero-order chi connectivity index (χ0) is 16.8. The van der Waals surface area contributed by atoms with Crippen LogP contribution in [0.3, 0.4) is 0 Å². The summed E-state index contributed by atoms with van der Waals surface area (Å²) in [6, 6.07) is 16.5. The molecule has 3 rings (SSSR count). The quantitative estimate of drug-likeness (QED) is 0.704. The lowest BCUT2D eigenvalue weighted by Crippen LogP contribution is -2.41. The second-order valence-electron chi connectivity index (χ2n) is 4.66. The van der Waals surface area contributed by atoms with Crippen LogP contribution in [0.25, 0.3) is 0 Å². The molecule has 2 aromatic heterocycles. The first-order valence-electron chi connectivity index (χ1n) is 7.06. The number of rotatable bonds is 4. The molecular weight excluding hydrogens is 342 g/mol. The van der Waals surface area contributed by atoms with Crippen molar-refractivity contribution in [3.63, 3.8) is 0 Å². The van der Waals surface area contributed by atoms with Gasteiger partial charge in [0.2, 0.25) is 0 Å². The molecule has 0 fully saturated rings. The van der Waals surface area contributed by atoms with Crippen molar-refractivity contribution >= 4 is 34.9 Å². The molecule has 5 nitrogen and oxygen atoms in total. The number of nitrogens with zero attached hydrogens (tertiary/aromatic N) is 1. The van der Waals surface area contributed by atoms with E-state index in [1.807, 2.05) is 30.3 Å². The number of carbonyl (C=O) groups excluding carboxylic acids is 2. The molecule has 0 saturated carbocycles. The summed E-state index contributed by atoms with van der Waals surface area (Å²) >= 11 is 2.70. The maximum Gasteiger partial charge on any atom is 0.279 e. The van der Waals surface area contributed by atoms with E-state index in [-0.39, 0.29) is 5.91 Å². The van der Waals surface area contributed by atoms with E-state index in [0.717, 1.165) is 4.90 Å². The normalized spacial score (nSPS) is 10.2. The van der Waals surface area contributed by atoms with Crippen LogP contribution in [-0.2, 0) is 0 Å². The lowest BCUT2D eigenvalue weighted by Gasteiger charge is -2.09. The Morgan fingerprint density at radius 1 is 0.917 bits per heavy atom. The van der Waals surface area contributed by atoms with E-state index in [1.54, 1.807) is 35.8 Å². The Balaban J connectivity index is 1.70. The summed E-state index contributed by atoms with van der Waals surface area (Å²) < 4.78 is 0. The molecule has 0 saturated heterocycles. The van der Waals surface area contributed by atoms with Crippen molar-refractivity contribution in [3.05, 3.63) is 76.6 Å². The van der Waals surface area contributed by atoms with Gasteiger partial charge in [0.15, 0.2) is 0 Å². The minimum atomic E-state index is -0.411. The molecule has 0 spiro atoms. The summed E-state index contributed by atoms with van der Waals surface area (Å²) in [5, 5.41) is 2.37. The highest BCUT2D eigenvalue weighted by Gasteiger charge is 2.15. The van der Waals surface area contributed by atoms with Crippen LogP contribution in [0.15, 0.2) is 76.1 Å². The number of carbonyl (C=O) groups is 2. The molecule has 2 N–H and O–H groups in total. The zero-order valence-electron chi connectivity index (χ0n) is 12.4. The average molecular weight is 355 g/mol. The van der Waals surface area contributed by atoms with E-state index in [2.05, 4.69) is 15.8 Å². The molecule has 120 valence electrons. The fourth-order valence-electron chi connectivity index (χ4n) is 1.90. The Kier molecular flexibility index (Phi) is 5.25. The van der Waals surface area contributed by atoms with E-state index in [9.17, 15) is 9.59 Å². The van der Waals surface area contributed by atoms with Crippen LogP contribution in [0.1, 0.15) is 20.0 Å². The van der Waals surface area contributed by atoms with E-state index in [0.29, 0.717) is 15.5 Å².